The minimum Gasteiger partial charge on any atom is -0.338 e. The van der Waals surface area contributed by atoms with Gasteiger partial charge in [0, 0.05) is 25.9 Å². The summed E-state index contributed by atoms with van der Waals surface area (Å²) in [4.78, 5) is 4.31. The van der Waals surface area contributed by atoms with Crippen LogP contribution in [0.3, 0.4) is 0 Å². The molecule has 0 aliphatic carbocycles. The lowest BCUT2D eigenvalue weighted by Crippen LogP contribution is -2.06. The molecule has 1 heterocycles. The normalized spacial score (nSPS) is 12.1. The van der Waals surface area contributed by atoms with Crippen LogP contribution in [0.5, 0.6) is 0 Å². The molecule has 84 valence electrons. The van der Waals surface area contributed by atoms with E-state index in [-0.39, 0.29) is 0 Å². The molecule has 3 nitrogen and oxygen atoms in total. The van der Waals surface area contributed by atoms with Crippen LogP contribution in [-0.2, 0) is 13.5 Å². The molecule has 3 heteroatoms. The summed E-state index contributed by atoms with van der Waals surface area (Å²) in [6, 6.07) is 0. The standard InChI is InChI=1S/C12H21N3/c1-11(5-4-8-13-2)6-7-12-14-9-10-15(12)3/h5,9-10,13H,4,6-8H2,1-3H3/b11-5-. The van der Waals surface area contributed by atoms with Gasteiger partial charge in [0.2, 0.25) is 0 Å². The van der Waals surface area contributed by atoms with Crippen molar-refractivity contribution in [1.29, 1.82) is 0 Å². The molecule has 0 radical (unpaired) electrons. The predicted molar refractivity (Wildman–Crippen MR) is 63.8 cm³/mol. The van der Waals surface area contributed by atoms with Crippen LogP contribution in [0.2, 0.25) is 0 Å². The minimum absolute atomic E-state index is 1.03. The fraction of sp³-hybridized carbons (Fsp3) is 0.583. The second-order valence-corrected chi connectivity index (χ2v) is 3.90. The summed E-state index contributed by atoms with van der Waals surface area (Å²) in [7, 11) is 4.03. The second kappa shape index (κ2) is 6.40. The quantitative estimate of drug-likeness (QED) is 0.570. The maximum atomic E-state index is 4.31. The minimum atomic E-state index is 1.03. The van der Waals surface area contributed by atoms with Gasteiger partial charge in [-0.2, -0.15) is 0 Å². The van der Waals surface area contributed by atoms with Gasteiger partial charge in [-0.15, -0.1) is 0 Å². The molecular weight excluding hydrogens is 186 g/mol. The molecule has 0 saturated carbocycles. The first-order chi connectivity index (χ1) is 7.24. The zero-order chi connectivity index (χ0) is 11.1. The van der Waals surface area contributed by atoms with Crippen LogP contribution >= 0.6 is 0 Å². The summed E-state index contributed by atoms with van der Waals surface area (Å²) in [5.41, 5.74) is 1.45. The Balaban J connectivity index is 2.31. The highest BCUT2D eigenvalue weighted by molar-refractivity contribution is 5.02. The lowest BCUT2D eigenvalue weighted by atomic mass is 10.1. The number of nitrogens with zero attached hydrogens (tertiary/aromatic N) is 2. The molecule has 1 N–H and O–H groups in total. The number of hydrogen-bond donors (Lipinski definition) is 1. The molecule has 0 aliphatic heterocycles. The SMILES string of the molecule is CNCC/C=C(/C)CCc1nccn1C. The van der Waals surface area contributed by atoms with E-state index in [1.54, 1.807) is 0 Å². The summed E-state index contributed by atoms with van der Waals surface area (Å²) in [6.45, 7) is 3.25. The Labute approximate surface area is 92.2 Å². The molecule has 0 saturated heterocycles. The molecular formula is C12H21N3. The highest BCUT2D eigenvalue weighted by Crippen LogP contribution is 2.07. The highest BCUT2D eigenvalue weighted by Gasteiger charge is 1.98. The van der Waals surface area contributed by atoms with Gasteiger partial charge in [0.25, 0.3) is 0 Å². The molecule has 0 aliphatic rings. The number of nitrogens with one attached hydrogen (secondary N) is 1. The summed E-state index contributed by atoms with van der Waals surface area (Å²) >= 11 is 0. The van der Waals surface area contributed by atoms with E-state index in [2.05, 4.69) is 27.9 Å². The third-order valence-corrected chi connectivity index (χ3v) is 2.55. The topological polar surface area (TPSA) is 29.9 Å². The highest BCUT2D eigenvalue weighted by atomic mass is 15.0. The van der Waals surface area contributed by atoms with Crippen molar-refractivity contribution in [2.24, 2.45) is 7.05 Å². The van der Waals surface area contributed by atoms with E-state index in [9.17, 15) is 0 Å². The Hall–Kier alpha value is -1.09. The molecule has 1 aromatic heterocycles. The summed E-state index contributed by atoms with van der Waals surface area (Å²) in [5.74, 6) is 1.16. The van der Waals surface area contributed by atoms with Crippen LogP contribution in [0.15, 0.2) is 24.0 Å². The maximum absolute atomic E-state index is 4.31. The third kappa shape index (κ3) is 4.30. The van der Waals surface area contributed by atoms with Crippen LogP contribution in [0.4, 0.5) is 0 Å². The van der Waals surface area contributed by atoms with Crippen LogP contribution in [0.1, 0.15) is 25.6 Å². The maximum Gasteiger partial charge on any atom is 0.108 e. The van der Waals surface area contributed by atoms with Crippen LogP contribution in [0.25, 0.3) is 0 Å². The zero-order valence-electron chi connectivity index (χ0n) is 9.95. The fourth-order valence-corrected chi connectivity index (χ4v) is 1.51. The first kappa shape index (κ1) is 12.0. The average molecular weight is 207 g/mol. The molecule has 15 heavy (non-hydrogen) atoms. The Morgan fingerprint density at radius 2 is 2.40 bits per heavy atom. The van der Waals surface area contributed by atoms with Crippen molar-refractivity contribution in [3.05, 3.63) is 29.9 Å². The number of rotatable bonds is 6. The van der Waals surface area contributed by atoms with Gasteiger partial charge in [0.15, 0.2) is 0 Å². The van der Waals surface area contributed by atoms with Crippen molar-refractivity contribution in [3.63, 3.8) is 0 Å². The van der Waals surface area contributed by atoms with Crippen molar-refractivity contribution in [2.45, 2.75) is 26.2 Å². The lowest BCUT2D eigenvalue weighted by molar-refractivity contribution is 0.759. The van der Waals surface area contributed by atoms with E-state index in [0.717, 1.165) is 31.6 Å². The van der Waals surface area contributed by atoms with E-state index >= 15 is 0 Å². The Morgan fingerprint density at radius 1 is 1.60 bits per heavy atom. The van der Waals surface area contributed by atoms with E-state index in [4.69, 9.17) is 0 Å². The first-order valence-electron chi connectivity index (χ1n) is 5.50. The summed E-state index contributed by atoms with van der Waals surface area (Å²) in [5, 5.41) is 3.14. The van der Waals surface area contributed by atoms with Gasteiger partial charge >= 0.3 is 0 Å². The van der Waals surface area contributed by atoms with Crippen LogP contribution in [-0.4, -0.2) is 23.1 Å². The van der Waals surface area contributed by atoms with Gasteiger partial charge in [-0.25, -0.2) is 4.98 Å². The van der Waals surface area contributed by atoms with Crippen LogP contribution in [0, 0.1) is 0 Å². The Morgan fingerprint density at radius 3 is 3.00 bits per heavy atom. The average Bonchev–Trinajstić information content (AvgIpc) is 2.61. The van der Waals surface area contributed by atoms with Crippen molar-refractivity contribution < 1.29 is 0 Å². The Kier molecular flexibility index (Phi) is 5.12. The molecule has 0 aromatic carbocycles. The van der Waals surface area contributed by atoms with Gasteiger partial charge in [-0.1, -0.05) is 11.6 Å². The number of aryl methyl sites for hydroxylation is 2. The number of aromatic nitrogens is 2. The molecule has 0 atom stereocenters. The van der Waals surface area contributed by atoms with Gasteiger partial charge in [0.05, 0.1) is 0 Å². The van der Waals surface area contributed by atoms with E-state index in [1.807, 2.05) is 26.5 Å². The predicted octanol–water partition coefficient (Wildman–Crippen LogP) is 1.91. The molecule has 0 fully saturated rings. The largest absolute Gasteiger partial charge is 0.338 e. The second-order valence-electron chi connectivity index (χ2n) is 3.90. The zero-order valence-corrected chi connectivity index (χ0v) is 9.95. The monoisotopic (exact) mass is 207 g/mol. The van der Waals surface area contributed by atoms with E-state index in [0.29, 0.717) is 0 Å². The molecule has 0 spiro atoms. The summed E-state index contributed by atoms with van der Waals surface area (Å²) < 4.78 is 2.08. The fourth-order valence-electron chi connectivity index (χ4n) is 1.51. The lowest BCUT2D eigenvalue weighted by Gasteiger charge is -2.02. The smallest absolute Gasteiger partial charge is 0.108 e. The van der Waals surface area contributed by atoms with Gasteiger partial charge in [0.1, 0.15) is 5.82 Å². The van der Waals surface area contributed by atoms with E-state index in [1.165, 1.54) is 5.57 Å². The molecule has 1 rings (SSSR count). The van der Waals surface area contributed by atoms with Gasteiger partial charge < -0.3 is 9.88 Å². The van der Waals surface area contributed by atoms with Gasteiger partial charge in [-0.05, 0) is 33.4 Å². The van der Waals surface area contributed by atoms with E-state index < -0.39 is 0 Å². The van der Waals surface area contributed by atoms with Crippen molar-refractivity contribution in [2.75, 3.05) is 13.6 Å². The number of hydrogen-bond acceptors (Lipinski definition) is 2. The molecule has 0 bridgehead atoms. The van der Waals surface area contributed by atoms with Crippen molar-refractivity contribution >= 4 is 0 Å². The first-order valence-corrected chi connectivity index (χ1v) is 5.50. The molecule has 1 aromatic rings. The summed E-state index contributed by atoms with van der Waals surface area (Å²) in [6.07, 6.45) is 9.41. The number of imidazole rings is 1. The third-order valence-electron chi connectivity index (χ3n) is 2.55. The van der Waals surface area contributed by atoms with Crippen molar-refractivity contribution in [1.82, 2.24) is 14.9 Å². The molecule has 0 unspecified atom stereocenters. The number of allylic oxidation sites excluding steroid dienone is 1. The Bertz CT molecular complexity index is 312. The van der Waals surface area contributed by atoms with Crippen LogP contribution < -0.4 is 5.32 Å². The van der Waals surface area contributed by atoms with Crippen molar-refractivity contribution in [3.8, 4) is 0 Å². The molecule has 0 amide bonds. The van der Waals surface area contributed by atoms with Gasteiger partial charge in [-0.3, -0.25) is 0 Å².